The number of ketones is 1. The molecule has 9 heteroatoms. The van der Waals surface area contributed by atoms with Crippen LogP contribution in [0.4, 0.5) is 5.69 Å². The van der Waals surface area contributed by atoms with E-state index < -0.39 is 9.84 Å². The van der Waals surface area contributed by atoms with E-state index in [4.69, 9.17) is 9.47 Å². The van der Waals surface area contributed by atoms with E-state index >= 15 is 0 Å². The van der Waals surface area contributed by atoms with Gasteiger partial charge >= 0.3 is 0 Å². The van der Waals surface area contributed by atoms with Gasteiger partial charge < -0.3 is 14.4 Å². The van der Waals surface area contributed by atoms with Crippen LogP contribution in [-0.4, -0.2) is 55.5 Å². The maximum Gasteiger partial charge on any atom is 0.231 e. The van der Waals surface area contributed by atoms with Crippen molar-refractivity contribution in [2.24, 2.45) is 4.99 Å². The van der Waals surface area contributed by atoms with Crippen LogP contribution in [0.5, 0.6) is 11.5 Å². The predicted molar refractivity (Wildman–Crippen MR) is 112 cm³/mol. The summed E-state index contributed by atoms with van der Waals surface area (Å²) in [6.07, 6.45) is 0. The summed E-state index contributed by atoms with van der Waals surface area (Å²) in [4.78, 5) is 19.1. The van der Waals surface area contributed by atoms with Crippen LogP contribution in [0.1, 0.15) is 10.4 Å². The lowest BCUT2D eigenvalue weighted by atomic mass is 10.1. The molecule has 7 nitrogen and oxygen atoms in total. The summed E-state index contributed by atoms with van der Waals surface area (Å²) in [6, 6.07) is 14.0. The molecule has 0 aliphatic carbocycles. The number of amidine groups is 1. The Labute approximate surface area is 172 Å². The van der Waals surface area contributed by atoms with Crippen LogP contribution in [0.25, 0.3) is 0 Å². The number of sulfone groups is 1. The largest absolute Gasteiger partial charge is 0.454 e. The fraction of sp³-hybridized carbons (Fsp3) is 0.300. The Morgan fingerprint density at radius 3 is 2.72 bits per heavy atom. The Hall–Kier alpha value is -2.52. The third-order valence-corrected chi connectivity index (χ3v) is 7.84. The van der Waals surface area contributed by atoms with E-state index in [2.05, 4.69) is 4.99 Å². The number of hydrogen-bond donors (Lipinski definition) is 0. The summed E-state index contributed by atoms with van der Waals surface area (Å²) < 4.78 is 35.2. The molecular formula is C20H18N2O5S2. The monoisotopic (exact) mass is 430 g/mol. The predicted octanol–water partition coefficient (Wildman–Crippen LogP) is 2.37. The topological polar surface area (TPSA) is 85.3 Å². The lowest BCUT2D eigenvalue weighted by molar-refractivity contribution is 0.102. The van der Waals surface area contributed by atoms with Gasteiger partial charge in [0, 0.05) is 17.3 Å². The molecule has 150 valence electrons. The van der Waals surface area contributed by atoms with Gasteiger partial charge in [0.15, 0.2) is 32.3 Å². The third-order valence-electron chi connectivity index (χ3n) is 5.17. The number of carbonyl (C=O) groups is 1. The minimum Gasteiger partial charge on any atom is -0.454 e. The SMILES string of the molecule is O=C(CSC1=N[C@H]2CS(=O)(=O)C[C@@H]2N1c1ccc2c(c1)OCO2)c1ccccc1. The molecule has 3 heterocycles. The maximum absolute atomic E-state index is 12.5. The Morgan fingerprint density at radius 2 is 1.90 bits per heavy atom. The minimum atomic E-state index is -3.14. The zero-order valence-electron chi connectivity index (χ0n) is 15.4. The number of ether oxygens (including phenoxy) is 2. The molecule has 0 bridgehead atoms. The number of hydrogen-bond acceptors (Lipinski definition) is 8. The molecular weight excluding hydrogens is 412 g/mol. The minimum absolute atomic E-state index is 0.00798. The van der Waals surface area contributed by atoms with Crippen molar-refractivity contribution in [2.45, 2.75) is 12.1 Å². The molecule has 3 aliphatic rings. The van der Waals surface area contributed by atoms with E-state index in [1.807, 2.05) is 41.3 Å². The normalized spacial score (nSPS) is 23.7. The number of nitrogens with zero attached hydrogens (tertiary/aromatic N) is 2. The summed E-state index contributed by atoms with van der Waals surface area (Å²) in [5.74, 6) is 1.61. The summed E-state index contributed by atoms with van der Waals surface area (Å²) in [5, 5.41) is 0.665. The summed E-state index contributed by atoms with van der Waals surface area (Å²) in [7, 11) is -3.14. The first-order valence-corrected chi connectivity index (χ1v) is 12.0. The second-order valence-corrected chi connectivity index (χ2v) is 10.2. The van der Waals surface area contributed by atoms with Crippen molar-refractivity contribution in [1.82, 2.24) is 0 Å². The average molecular weight is 431 g/mol. The van der Waals surface area contributed by atoms with E-state index in [-0.39, 0.29) is 41.9 Å². The van der Waals surface area contributed by atoms with E-state index in [1.165, 1.54) is 11.8 Å². The number of anilines is 1. The number of aliphatic imine (C=N–C) groups is 1. The molecule has 1 fully saturated rings. The van der Waals surface area contributed by atoms with Gasteiger partial charge in [-0.2, -0.15) is 0 Å². The highest BCUT2D eigenvalue weighted by atomic mass is 32.2. The Balaban J connectivity index is 1.42. The fourth-order valence-electron chi connectivity index (χ4n) is 3.81. The second kappa shape index (κ2) is 7.07. The molecule has 3 aliphatic heterocycles. The molecule has 0 amide bonds. The van der Waals surface area contributed by atoms with E-state index in [1.54, 1.807) is 12.1 Å². The number of rotatable bonds is 4. The standard InChI is InChI=1S/C20H18N2O5S2/c23-17(13-4-2-1-3-5-13)9-28-20-21-15-10-29(24,25)11-16(15)22(20)14-6-7-18-19(8-14)27-12-26-18/h1-8,15-16H,9-12H2/t15-,16-/m0/s1. The Kier molecular flexibility index (Phi) is 4.51. The van der Waals surface area contributed by atoms with Crippen LogP contribution in [0.2, 0.25) is 0 Å². The van der Waals surface area contributed by atoms with Gasteiger partial charge in [-0.05, 0) is 12.1 Å². The van der Waals surface area contributed by atoms with Crippen molar-refractivity contribution < 1.29 is 22.7 Å². The first-order valence-electron chi connectivity index (χ1n) is 9.18. The van der Waals surface area contributed by atoms with Crippen molar-refractivity contribution in [3.05, 3.63) is 54.1 Å². The van der Waals surface area contributed by atoms with Gasteiger partial charge in [0.1, 0.15) is 0 Å². The number of benzene rings is 2. The molecule has 1 saturated heterocycles. The van der Waals surface area contributed by atoms with Crippen LogP contribution in [0.3, 0.4) is 0 Å². The van der Waals surface area contributed by atoms with E-state index in [0.29, 0.717) is 22.2 Å². The molecule has 0 aromatic heterocycles. The van der Waals surface area contributed by atoms with Gasteiger partial charge in [0.05, 0.1) is 29.3 Å². The van der Waals surface area contributed by atoms with Crippen molar-refractivity contribution in [2.75, 3.05) is 29.0 Å². The molecule has 0 spiro atoms. The van der Waals surface area contributed by atoms with Crippen molar-refractivity contribution >= 4 is 38.2 Å². The number of thioether (sulfide) groups is 1. The number of Topliss-reactive ketones (excluding diaryl/α,β-unsaturated/α-hetero) is 1. The zero-order chi connectivity index (χ0) is 20.0. The molecule has 2 aromatic rings. The third kappa shape index (κ3) is 3.49. The van der Waals surface area contributed by atoms with Gasteiger partial charge in [0.2, 0.25) is 6.79 Å². The van der Waals surface area contributed by atoms with Gasteiger partial charge in [-0.1, -0.05) is 42.1 Å². The zero-order valence-corrected chi connectivity index (χ0v) is 17.0. The van der Waals surface area contributed by atoms with Crippen LogP contribution in [-0.2, 0) is 9.84 Å². The first kappa shape index (κ1) is 18.5. The van der Waals surface area contributed by atoms with E-state index in [0.717, 1.165) is 5.69 Å². The quantitative estimate of drug-likeness (QED) is 0.689. The summed E-state index contributed by atoms with van der Waals surface area (Å²) >= 11 is 1.34. The van der Waals surface area contributed by atoms with Crippen molar-refractivity contribution in [3.8, 4) is 11.5 Å². The average Bonchev–Trinajstić information content (AvgIpc) is 3.37. The smallest absolute Gasteiger partial charge is 0.231 e. The molecule has 2 atom stereocenters. The number of carbonyl (C=O) groups excluding carboxylic acids is 1. The van der Waals surface area contributed by atoms with Crippen molar-refractivity contribution in [1.29, 1.82) is 0 Å². The number of fused-ring (bicyclic) bond motifs is 2. The molecule has 5 rings (SSSR count). The first-order chi connectivity index (χ1) is 14.0. The lowest BCUT2D eigenvalue weighted by Gasteiger charge is -2.26. The van der Waals surface area contributed by atoms with E-state index in [9.17, 15) is 13.2 Å². The highest BCUT2D eigenvalue weighted by molar-refractivity contribution is 8.14. The Morgan fingerprint density at radius 1 is 1.10 bits per heavy atom. The highest BCUT2D eigenvalue weighted by Crippen LogP contribution is 2.40. The van der Waals surface area contributed by atoms with Crippen molar-refractivity contribution in [3.63, 3.8) is 0 Å². The molecule has 0 saturated carbocycles. The van der Waals surface area contributed by atoms with Gasteiger partial charge in [-0.15, -0.1) is 0 Å². The Bertz CT molecular complexity index is 1100. The summed E-state index contributed by atoms with van der Waals surface area (Å²) in [5.41, 5.74) is 1.44. The van der Waals surface area contributed by atoms with Crippen LogP contribution >= 0.6 is 11.8 Å². The maximum atomic E-state index is 12.5. The molecule has 2 aromatic carbocycles. The highest BCUT2D eigenvalue weighted by Gasteiger charge is 2.47. The van der Waals surface area contributed by atoms with Crippen LogP contribution in [0.15, 0.2) is 53.5 Å². The lowest BCUT2D eigenvalue weighted by Crippen LogP contribution is -2.39. The summed E-state index contributed by atoms with van der Waals surface area (Å²) in [6.45, 7) is 0.167. The van der Waals surface area contributed by atoms with Gasteiger partial charge in [-0.3, -0.25) is 9.79 Å². The van der Waals surface area contributed by atoms with Crippen LogP contribution in [0, 0.1) is 0 Å². The fourth-order valence-corrected chi connectivity index (χ4v) is 6.67. The molecule has 0 radical (unpaired) electrons. The second-order valence-electron chi connectivity index (χ2n) is 7.11. The molecule has 0 N–H and O–H groups in total. The molecule has 29 heavy (non-hydrogen) atoms. The van der Waals surface area contributed by atoms with Gasteiger partial charge in [0.25, 0.3) is 0 Å². The van der Waals surface area contributed by atoms with Gasteiger partial charge in [-0.25, -0.2) is 8.42 Å². The van der Waals surface area contributed by atoms with Crippen LogP contribution < -0.4 is 14.4 Å². The molecule has 0 unspecified atom stereocenters.